The number of ketones is 1. The number of carbonyl (C=O) groups excluding carboxylic acids is 2. The molecule has 1 aliphatic rings. The van der Waals surface area contributed by atoms with E-state index in [9.17, 15) is 9.59 Å². The van der Waals surface area contributed by atoms with Crippen LogP contribution in [-0.2, 0) is 6.42 Å². The van der Waals surface area contributed by atoms with E-state index in [2.05, 4.69) is 30.7 Å². The third-order valence-corrected chi connectivity index (χ3v) is 4.69. The zero-order chi connectivity index (χ0) is 17.1. The van der Waals surface area contributed by atoms with Crippen LogP contribution < -0.4 is 0 Å². The molecular weight excluding hydrogens is 290 g/mol. The summed E-state index contributed by atoms with van der Waals surface area (Å²) >= 11 is 0. The SMILES string of the molecule is CCCc1c(C(=O)N2CCN(C(C)C)CC2)[nH]c(C)c1C(C)=O. The fraction of sp³-hybridized carbons (Fsp3) is 0.667. The van der Waals surface area contributed by atoms with Crippen LogP contribution in [0.3, 0.4) is 0 Å². The Morgan fingerprint density at radius 2 is 1.78 bits per heavy atom. The summed E-state index contributed by atoms with van der Waals surface area (Å²) in [5.74, 6) is 0.0679. The number of aryl methyl sites for hydroxylation is 1. The zero-order valence-electron chi connectivity index (χ0n) is 15.0. The van der Waals surface area contributed by atoms with Crippen molar-refractivity contribution < 1.29 is 9.59 Å². The van der Waals surface area contributed by atoms with E-state index >= 15 is 0 Å². The van der Waals surface area contributed by atoms with Gasteiger partial charge >= 0.3 is 0 Å². The van der Waals surface area contributed by atoms with Crippen molar-refractivity contribution in [1.29, 1.82) is 0 Å². The van der Waals surface area contributed by atoms with E-state index in [4.69, 9.17) is 0 Å². The Hall–Kier alpha value is -1.62. The zero-order valence-corrected chi connectivity index (χ0v) is 15.0. The van der Waals surface area contributed by atoms with Crippen molar-refractivity contribution in [1.82, 2.24) is 14.8 Å². The lowest BCUT2D eigenvalue weighted by Gasteiger charge is -2.36. The molecule has 5 nitrogen and oxygen atoms in total. The van der Waals surface area contributed by atoms with E-state index in [0.29, 0.717) is 17.3 Å². The summed E-state index contributed by atoms with van der Waals surface area (Å²) in [7, 11) is 0. The van der Waals surface area contributed by atoms with Gasteiger partial charge < -0.3 is 9.88 Å². The first-order valence-corrected chi connectivity index (χ1v) is 8.62. The Labute approximate surface area is 139 Å². The maximum atomic E-state index is 12.9. The molecule has 1 saturated heterocycles. The summed E-state index contributed by atoms with van der Waals surface area (Å²) in [6.45, 7) is 13.2. The first kappa shape index (κ1) is 17.7. The molecule has 1 fully saturated rings. The quantitative estimate of drug-likeness (QED) is 0.849. The average Bonchev–Trinajstić information content (AvgIpc) is 2.83. The Kier molecular flexibility index (Phi) is 5.63. The Morgan fingerprint density at radius 3 is 2.26 bits per heavy atom. The predicted octanol–water partition coefficient (Wildman–Crippen LogP) is 2.64. The lowest BCUT2D eigenvalue weighted by atomic mass is 10.0. The van der Waals surface area contributed by atoms with Gasteiger partial charge in [-0.25, -0.2) is 0 Å². The first-order chi connectivity index (χ1) is 10.9. The fourth-order valence-electron chi connectivity index (χ4n) is 3.44. The van der Waals surface area contributed by atoms with E-state index < -0.39 is 0 Å². The van der Waals surface area contributed by atoms with Gasteiger partial charge in [0.05, 0.1) is 0 Å². The van der Waals surface area contributed by atoms with Gasteiger partial charge in [0.2, 0.25) is 0 Å². The minimum Gasteiger partial charge on any atom is -0.354 e. The van der Waals surface area contributed by atoms with E-state index in [1.54, 1.807) is 6.92 Å². The summed E-state index contributed by atoms with van der Waals surface area (Å²) < 4.78 is 0. The maximum absolute atomic E-state index is 12.9. The van der Waals surface area contributed by atoms with Crippen molar-refractivity contribution in [3.05, 3.63) is 22.5 Å². The van der Waals surface area contributed by atoms with E-state index in [1.165, 1.54) is 0 Å². The third kappa shape index (κ3) is 3.66. The number of Topliss-reactive ketones (excluding diaryl/α,β-unsaturated/α-hetero) is 1. The van der Waals surface area contributed by atoms with Gasteiger partial charge in [-0.05, 0) is 39.7 Å². The van der Waals surface area contributed by atoms with Crippen LogP contribution in [0, 0.1) is 6.92 Å². The standard InChI is InChI=1S/C18H29N3O2/c1-6-7-15-16(14(5)22)13(4)19-17(15)18(23)21-10-8-20(9-11-21)12(2)3/h12,19H,6-11H2,1-5H3. The number of H-pyrrole nitrogens is 1. The third-order valence-electron chi connectivity index (χ3n) is 4.69. The second kappa shape index (κ2) is 7.30. The molecule has 2 heterocycles. The molecule has 128 valence electrons. The van der Waals surface area contributed by atoms with Crippen LogP contribution in [0.4, 0.5) is 0 Å². The average molecular weight is 319 g/mol. The molecule has 1 N–H and O–H groups in total. The molecule has 2 rings (SSSR count). The molecule has 0 spiro atoms. The summed E-state index contributed by atoms with van der Waals surface area (Å²) in [5, 5.41) is 0. The minimum atomic E-state index is 0.0332. The number of hydrogen-bond acceptors (Lipinski definition) is 3. The molecule has 0 radical (unpaired) electrons. The molecule has 0 aliphatic carbocycles. The van der Waals surface area contributed by atoms with E-state index in [0.717, 1.165) is 50.3 Å². The Bertz CT molecular complexity index is 581. The molecule has 0 atom stereocenters. The second-order valence-electron chi connectivity index (χ2n) is 6.71. The lowest BCUT2D eigenvalue weighted by Crippen LogP contribution is -2.50. The van der Waals surface area contributed by atoms with Crippen molar-refractivity contribution in [3.63, 3.8) is 0 Å². The number of amides is 1. The van der Waals surface area contributed by atoms with Crippen LogP contribution in [0.2, 0.25) is 0 Å². The predicted molar refractivity (Wildman–Crippen MR) is 92.1 cm³/mol. The Morgan fingerprint density at radius 1 is 1.17 bits per heavy atom. The van der Waals surface area contributed by atoms with Crippen molar-refractivity contribution in [2.45, 2.75) is 53.5 Å². The highest BCUT2D eigenvalue weighted by molar-refractivity contribution is 6.02. The van der Waals surface area contributed by atoms with Gasteiger partial charge in [-0.15, -0.1) is 0 Å². The number of rotatable bonds is 5. The minimum absolute atomic E-state index is 0.0332. The molecule has 0 bridgehead atoms. The first-order valence-electron chi connectivity index (χ1n) is 8.62. The number of nitrogens with zero attached hydrogens (tertiary/aromatic N) is 2. The van der Waals surface area contributed by atoms with E-state index in [-0.39, 0.29) is 11.7 Å². The number of aromatic nitrogens is 1. The molecule has 1 amide bonds. The number of carbonyl (C=O) groups is 2. The van der Waals surface area contributed by atoms with Gasteiger partial charge in [-0.2, -0.15) is 0 Å². The molecule has 0 saturated carbocycles. The molecule has 1 aliphatic heterocycles. The highest BCUT2D eigenvalue weighted by Gasteiger charge is 2.28. The Balaban J connectivity index is 2.23. The van der Waals surface area contributed by atoms with Gasteiger partial charge in [0.15, 0.2) is 5.78 Å². The normalized spacial score (nSPS) is 16.2. The molecule has 1 aromatic heterocycles. The van der Waals surface area contributed by atoms with Crippen LogP contribution in [-0.4, -0.2) is 58.7 Å². The van der Waals surface area contributed by atoms with Crippen molar-refractivity contribution >= 4 is 11.7 Å². The van der Waals surface area contributed by atoms with Gasteiger partial charge in [0.25, 0.3) is 5.91 Å². The van der Waals surface area contributed by atoms with Crippen LogP contribution in [0.25, 0.3) is 0 Å². The molecule has 1 aromatic rings. The highest BCUT2D eigenvalue weighted by Crippen LogP contribution is 2.23. The second-order valence-corrected chi connectivity index (χ2v) is 6.71. The number of piperazine rings is 1. The highest BCUT2D eigenvalue weighted by atomic mass is 16.2. The molecular formula is C18H29N3O2. The van der Waals surface area contributed by atoms with Gasteiger partial charge in [-0.3, -0.25) is 14.5 Å². The molecule has 5 heteroatoms. The van der Waals surface area contributed by atoms with Crippen LogP contribution >= 0.6 is 0 Å². The van der Waals surface area contributed by atoms with Crippen molar-refractivity contribution in [2.75, 3.05) is 26.2 Å². The summed E-state index contributed by atoms with van der Waals surface area (Å²) in [4.78, 5) is 32.3. The summed E-state index contributed by atoms with van der Waals surface area (Å²) in [6, 6.07) is 0.514. The van der Waals surface area contributed by atoms with Crippen LogP contribution in [0.1, 0.15) is 66.2 Å². The number of hydrogen-bond donors (Lipinski definition) is 1. The molecule has 23 heavy (non-hydrogen) atoms. The van der Waals surface area contributed by atoms with Gasteiger partial charge in [-0.1, -0.05) is 13.3 Å². The lowest BCUT2D eigenvalue weighted by molar-refractivity contribution is 0.0589. The van der Waals surface area contributed by atoms with E-state index in [1.807, 2.05) is 11.8 Å². The van der Waals surface area contributed by atoms with Gasteiger partial charge in [0, 0.05) is 43.5 Å². The monoisotopic (exact) mass is 319 g/mol. The van der Waals surface area contributed by atoms with Crippen molar-refractivity contribution in [2.24, 2.45) is 0 Å². The summed E-state index contributed by atoms with van der Waals surface area (Å²) in [5.41, 5.74) is 3.03. The maximum Gasteiger partial charge on any atom is 0.270 e. The molecule has 0 aromatic carbocycles. The van der Waals surface area contributed by atoms with Crippen molar-refractivity contribution in [3.8, 4) is 0 Å². The summed E-state index contributed by atoms with van der Waals surface area (Å²) in [6.07, 6.45) is 1.67. The largest absolute Gasteiger partial charge is 0.354 e. The van der Waals surface area contributed by atoms with Crippen LogP contribution in [0.5, 0.6) is 0 Å². The van der Waals surface area contributed by atoms with Crippen LogP contribution in [0.15, 0.2) is 0 Å². The fourth-order valence-corrected chi connectivity index (χ4v) is 3.44. The molecule has 0 unspecified atom stereocenters. The van der Waals surface area contributed by atoms with Gasteiger partial charge in [0.1, 0.15) is 5.69 Å². The smallest absolute Gasteiger partial charge is 0.270 e. The topological polar surface area (TPSA) is 56.4 Å². The number of aromatic amines is 1. The number of nitrogens with one attached hydrogen (secondary N) is 1.